The molecule has 2 atom stereocenters. The second-order valence-corrected chi connectivity index (χ2v) is 6.47. The number of ether oxygens (including phenoxy) is 1. The first kappa shape index (κ1) is 16.4. The van der Waals surface area contributed by atoms with E-state index >= 15 is 0 Å². The van der Waals surface area contributed by atoms with Gasteiger partial charge in [0.05, 0.1) is 0 Å². The first-order chi connectivity index (χ1) is 10.3. The van der Waals surface area contributed by atoms with Crippen LogP contribution in [0.3, 0.4) is 0 Å². The number of aryl methyl sites for hydroxylation is 2. The fourth-order valence-corrected chi connectivity index (χ4v) is 2.68. The van der Waals surface area contributed by atoms with Crippen molar-refractivity contribution in [1.29, 1.82) is 0 Å². The maximum Gasteiger partial charge on any atom is 0.166 e. The van der Waals surface area contributed by atoms with Gasteiger partial charge < -0.3 is 9.84 Å². The van der Waals surface area contributed by atoms with Gasteiger partial charge >= 0.3 is 0 Å². The lowest BCUT2D eigenvalue weighted by atomic mass is 9.90. The molecule has 0 radical (unpaired) electrons. The molecular formula is C20H26O2. The van der Waals surface area contributed by atoms with E-state index in [-0.39, 0.29) is 5.76 Å². The van der Waals surface area contributed by atoms with Gasteiger partial charge in [0, 0.05) is 12.0 Å². The highest BCUT2D eigenvalue weighted by Crippen LogP contribution is 2.41. The van der Waals surface area contributed by atoms with E-state index in [0.29, 0.717) is 12.3 Å². The minimum atomic E-state index is -0.713. The molecule has 2 heteroatoms. The predicted molar refractivity (Wildman–Crippen MR) is 93.4 cm³/mol. The van der Waals surface area contributed by atoms with Crippen LogP contribution >= 0.6 is 0 Å². The van der Waals surface area contributed by atoms with Crippen molar-refractivity contribution < 1.29 is 9.84 Å². The SMILES string of the molecule is C=C[C@@H](C)/C=C/CC1(C)Oc2c(C)c(C)cc(C)c2C=C1O. The Morgan fingerprint density at radius 1 is 1.32 bits per heavy atom. The Bertz CT molecular complexity index is 652. The highest BCUT2D eigenvalue weighted by molar-refractivity contribution is 5.69. The third kappa shape index (κ3) is 2.96. The molecule has 2 nitrogen and oxygen atoms in total. The van der Waals surface area contributed by atoms with Gasteiger partial charge in [-0.3, -0.25) is 0 Å². The molecule has 1 aliphatic rings. The maximum absolute atomic E-state index is 10.5. The highest BCUT2D eigenvalue weighted by atomic mass is 16.5. The number of aliphatic hydroxyl groups excluding tert-OH is 1. The minimum absolute atomic E-state index is 0.280. The Morgan fingerprint density at radius 2 is 2.00 bits per heavy atom. The Labute approximate surface area is 133 Å². The molecule has 1 aromatic carbocycles. The second kappa shape index (κ2) is 6.04. The van der Waals surface area contributed by atoms with Crippen LogP contribution in [0.25, 0.3) is 6.08 Å². The van der Waals surface area contributed by atoms with Crippen LogP contribution in [0.15, 0.2) is 36.6 Å². The van der Waals surface area contributed by atoms with Gasteiger partial charge in [0.2, 0.25) is 0 Å². The second-order valence-electron chi connectivity index (χ2n) is 6.47. The van der Waals surface area contributed by atoms with E-state index in [2.05, 4.69) is 45.6 Å². The quantitative estimate of drug-likeness (QED) is 0.751. The first-order valence-electron chi connectivity index (χ1n) is 7.78. The van der Waals surface area contributed by atoms with Gasteiger partial charge in [-0.25, -0.2) is 0 Å². The smallest absolute Gasteiger partial charge is 0.166 e. The molecular weight excluding hydrogens is 272 g/mol. The van der Waals surface area contributed by atoms with E-state index in [0.717, 1.165) is 22.4 Å². The summed E-state index contributed by atoms with van der Waals surface area (Å²) in [5, 5.41) is 10.5. The van der Waals surface area contributed by atoms with E-state index in [1.165, 1.54) is 5.56 Å². The summed E-state index contributed by atoms with van der Waals surface area (Å²) in [5.41, 5.74) is 3.75. The molecule has 118 valence electrons. The number of rotatable bonds is 4. The van der Waals surface area contributed by atoms with Crippen LogP contribution in [0, 0.1) is 26.7 Å². The summed E-state index contributed by atoms with van der Waals surface area (Å²) >= 11 is 0. The molecule has 1 unspecified atom stereocenters. The average molecular weight is 298 g/mol. The van der Waals surface area contributed by atoms with Crippen LogP contribution < -0.4 is 4.74 Å². The summed E-state index contributed by atoms with van der Waals surface area (Å²) in [5.74, 6) is 1.49. The molecule has 1 aliphatic heterocycles. The molecule has 22 heavy (non-hydrogen) atoms. The normalized spacial score (nSPS) is 22.0. The largest absolute Gasteiger partial charge is 0.508 e. The molecule has 0 aliphatic carbocycles. The van der Waals surface area contributed by atoms with E-state index in [1.54, 1.807) is 0 Å². The lowest BCUT2D eigenvalue weighted by Crippen LogP contribution is -2.37. The van der Waals surface area contributed by atoms with Crippen molar-refractivity contribution in [3.05, 3.63) is 58.9 Å². The molecule has 1 aromatic rings. The van der Waals surface area contributed by atoms with Gasteiger partial charge in [-0.2, -0.15) is 0 Å². The summed E-state index contributed by atoms with van der Waals surface area (Å²) in [7, 11) is 0. The molecule has 0 saturated carbocycles. The van der Waals surface area contributed by atoms with Gasteiger partial charge in [0.1, 0.15) is 11.5 Å². The molecule has 1 N–H and O–H groups in total. The zero-order valence-electron chi connectivity index (χ0n) is 14.2. The fraction of sp³-hybridized carbons (Fsp3) is 0.400. The molecule has 0 aromatic heterocycles. The van der Waals surface area contributed by atoms with E-state index < -0.39 is 5.60 Å². The van der Waals surface area contributed by atoms with Gasteiger partial charge in [0.15, 0.2) is 5.60 Å². The van der Waals surface area contributed by atoms with Crippen LogP contribution in [0.5, 0.6) is 5.75 Å². The fourth-order valence-electron chi connectivity index (χ4n) is 2.68. The Hall–Kier alpha value is -1.96. The van der Waals surface area contributed by atoms with Crippen LogP contribution in [0.4, 0.5) is 0 Å². The van der Waals surface area contributed by atoms with Crippen molar-refractivity contribution in [1.82, 2.24) is 0 Å². The van der Waals surface area contributed by atoms with Crippen LogP contribution in [-0.2, 0) is 0 Å². The predicted octanol–water partition coefficient (Wildman–Crippen LogP) is 5.43. The lowest BCUT2D eigenvalue weighted by molar-refractivity contribution is 0.0775. The Morgan fingerprint density at radius 3 is 2.64 bits per heavy atom. The monoisotopic (exact) mass is 298 g/mol. The van der Waals surface area contributed by atoms with E-state index in [1.807, 2.05) is 26.0 Å². The van der Waals surface area contributed by atoms with Gasteiger partial charge in [-0.15, -0.1) is 6.58 Å². The molecule has 1 heterocycles. The van der Waals surface area contributed by atoms with Crippen LogP contribution in [0.1, 0.15) is 42.5 Å². The average Bonchev–Trinajstić information content (AvgIpc) is 2.47. The summed E-state index contributed by atoms with van der Waals surface area (Å²) in [6.45, 7) is 14.0. The number of allylic oxidation sites excluding steroid dienone is 2. The third-order valence-corrected chi connectivity index (χ3v) is 4.50. The van der Waals surface area contributed by atoms with E-state index in [4.69, 9.17) is 4.74 Å². The Balaban J connectivity index is 2.37. The lowest BCUT2D eigenvalue weighted by Gasteiger charge is -2.35. The maximum atomic E-state index is 10.5. The van der Waals surface area contributed by atoms with Crippen molar-refractivity contribution >= 4 is 6.08 Å². The van der Waals surface area contributed by atoms with Crippen LogP contribution in [-0.4, -0.2) is 10.7 Å². The number of hydrogen-bond acceptors (Lipinski definition) is 2. The van der Waals surface area contributed by atoms with Crippen molar-refractivity contribution in [2.45, 2.75) is 46.6 Å². The minimum Gasteiger partial charge on any atom is -0.508 e. The zero-order chi connectivity index (χ0) is 16.5. The standard InChI is InChI=1S/C20H26O2/c1-7-13(2)9-8-10-20(6)18(21)12-17-15(4)11-14(3)16(5)19(17)22-20/h7-9,11-13,21H,1,10H2,2-6H3/b9-8+/t13-,20?/m1/s1. The summed E-state index contributed by atoms with van der Waals surface area (Å²) in [4.78, 5) is 0. The molecule has 2 rings (SSSR count). The Kier molecular flexibility index (Phi) is 4.50. The van der Waals surface area contributed by atoms with Crippen LogP contribution in [0.2, 0.25) is 0 Å². The number of benzene rings is 1. The van der Waals surface area contributed by atoms with Crippen molar-refractivity contribution in [3.63, 3.8) is 0 Å². The summed E-state index contributed by atoms with van der Waals surface area (Å²) in [6, 6.07) is 2.13. The van der Waals surface area contributed by atoms with Crippen molar-refractivity contribution in [2.24, 2.45) is 5.92 Å². The number of fused-ring (bicyclic) bond motifs is 1. The van der Waals surface area contributed by atoms with Gasteiger partial charge in [0.25, 0.3) is 0 Å². The third-order valence-electron chi connectivity index (χ3n) is 4.50. The van der Waals surface area contributed by atoms with Crippen molar-refractivity contribution in [3.8, 4) is 5.75 Å². The zero-order valence-corrected chi connectivity index (χ0v) is 14.2. The summed E-state index contributed by atoms with van der Waals surface area (Å²) in [6.07, 6.45) is 8.51. The van der Waals surface area contributed by atoms with Crippen molar-refractivity contribution in [2.75, 3.05) is 0 Å². The van der Waals surface area contributed by atoms with Gasteiger partial charge in [-0.05, 0) is 56.4 Å². The summed E-state index contributed by atoms with van der Waals surface area (Å²) < 4.78 is 6.24. The molecule has 0 amide bonds. The van der Waals surface area contributed by atoms with E-state index in [9.17, 15) is 5.11 Å². The first-order valence-corrected chi connectivity index (χ1v) is 7.78. The molecule has 0 fully saturated rings. The molecule has 0 spiro atoms. The molecule has 0 bridgehead atoms. The van der Waals surface area contributed by atoms with Gasteiger partial charge in [-0.1, -0.05) is 31.2 Å². The number of aliphatic hydroxyl groups is 1. The number of hydrogen-bond donors (Lipinski definition) is 1. The molecule has 0 saturated heterocycles. The topological polar surface area (TPSA) is 29.5 Å². The highest BCUT2D eigenvalue weighted by Gasteiger charge is 2.35.